The molecular weight excluding hydrogens is 242 g/mol. The maximum absolute atomic E-state index is 9.71. The van der Waals surface area contributed by atoms with E-state index in [1.165, 1.54) is 21.8 Å². The number of hydrogen-bond donors (Lipinski definition) is 5. The summed E-state index contributed by atoms with van der Waals surface area (Å²) in [6, 6.07) is 16.2. The summed E-state index contributed by atoms with van der Waals surface area (Å²) in [6.45, 7) is 0. The van der Waals surface area contributed by atoms with Gasteiger partial charge < -0.3 is 4.98 Å². The highest BCUT2D eigenvalue weighted by Crippen LogP contribution is 2.24. The second-order valence-electron chi connectivity index (χ2n) is 3.83. The number of hydrogen-bond acceptors (Lipinski definition) is 3. The third kappa shape index (κ3) is 2.82. The van der Waals surface area contributed by atoms with E-state index >= 15 is 0 Å². The lowest BCUT2D eigenvalue weighted by Crippen LogP contribution is -2.43. The van der Waals surface area contributed by atoms with Gasteiger partial charge >= 0.3 is 6.03 Å². The van der Waals surface area contributed by atoms with Crippen LogP contribution in [0, 0.1) is 0 Å². The van der Waals surface area contributed by atoms with Crippen LogP contribution in [0.1, 0.15) is 0 Å². The van der Waals surface area contributed by atoms with Crippen molar-refractivity contribution in [3.05, 3.63) is 48.5 Å². The first kappa shape index (κ1) is 12.9. The van der Waals surface area contributed by atoms with Crippen LogP contribution < -0.4 is 22.5 Å². The smallest absolute Gasteiger partial charge is 0.343 e. The molecule has 3 rings (SSSR count). The van der Waals surface area contributed by atoms with E-state index in [4.69, 9.17) is 0 Å². The molecule has 3 aromatic rings. The van der Waals surface area contributed by atoms with E-state index in [1.54, 1.807) is 10.9 Å². The van der Waals surface area contributed by atoms with Gasteiger partial charge in [-0.2, -0.15) is 0 Å². The van der Waals surface area contributed by atoms with Crippen LogP contribution >= 0.6 is 0 Å². The maximum Gasteiger partial charge on any atom is 0.343 e. The molecule has 0 spiro atoms. The predicted octanol–water partition coefficient (Wildman–Crippen LogP) is 1.35. The number of hydrazine groups is 2. The molecule has 19 heavy (non-hydrogen) atoms. The lowest BCUT2D eigenvalue weighted by molar-refractivity contribution is 0.241. The van der Waals surface area contributed by atoms with Gasteiger partial charge in [-0.25, -0.2) is 16.5 Å². The predicted molar refractivity (Wildman–Crippen MR) is 75.8 cm³/mol. The molecule has 7 N–H and O–H groups in total. The van der Waals surface area contributed by atoms with Crippen LogP contribution in [0.3, 0.4) is 0 Å². The highest BCUT2D eigenvalue weighted by Gasteiger charge is 2.00. The Morgan fingerprint density at radius 1 is 0.842 bits per heavy atom. The number of carbonyl (C=O) groups excluding carboxylic acids is 1. The first-order valence-electron chi connectivity index (χ1n) is 5.69. The molecular formula is C13H15N5O. The molecule has 0 unspecified atom stereocenters. The Labute approximate surface area is 109 Å². The van der Waals surface area contributed by atoms with E-state index in [1.807, 2.05) is 0 Å². The van der Waals surface area contributed by atoms with Gasteiger partial charge in [0.2, 0.25) is 0 Å². The summed E-state index contributed by atoms with van der Waals surface area (Å²) in [4.78, 5) is 13.1. The molecule has 1 heterocycles. The number of benzene rings is 2. The number of nitrogens with two attached hydrogens (primary N) is 2. The molecule has 0 fully saturated rings. The largest absolute Gasteiger partial charge is 0.355 e. The molecule has 0 bridgehead atoms. The van der Waals surface area contributed by atoms with E-state index in [0.717, 1.165) is 0 Å². The molecule has 0 aliphatic carbocycles. The fourth-order valence-corrected chi connectivity index (χ4v) is 1.84. The first-order chi connectivity index (χ1) is 9.26. The minimum absolute atomic E-state index is 0.602. The SMILES string of the molecule is NNC(=O)NN.c1ccc2c(c1)[nH]c1ccccc12. The number of carbonyl (C=O) groups is 1. The molecule has 6 nitrogen and oxygen atoms in total. The van der Waals surface area contributed by atoms with Gasteiger partial charge in [0.25, 0.3) is 0 Å². The van der Waals surface area contributed by atoms with Crippen LogP contribution in [-0.4, -0.2) is 11.0 Å². The van der Waals surface area contributed by atoms with Crippen LogP contribution in [0.2, 0.25) is 0 Å². The zero-order valence-corrected chi connectivity index (χ0v) is 10.2. The highest BCUT2D eigenvalue weighted by atomic mass is 16.2. The van der Waals surface area contributed by atoms with Crippen molar-refractivity contribution in [2.24, 2.45) is 11.7 Å². The van der Waals surface area contributed by atoms with Crippen LogP contribution in [0.4, 0.5) is 4.79 Å². The topological polar surface area (TPSA) is 109 Å². The molecule has 2 amide bonds. The molecule has 2 aromatic carbocycles. The van der Waals surface area contributed by atoms with Crippen LogP contribution in [0.5, 0.6) is 0 Å². The zero-order chi connectivity index (χ0) is 13.7. The summed E-state index contributed by atoms with van der Waals surface area (Å²) in [6.07, 6.45) is 0. The van der Waals surface area contributed by atoms with Gasteiger partial charge in [-0.15, -0.1) is 0 Å². The van der Waals surface area contributed by atoms with E-state index in [9.17, 15) is 4.79 Å². The van der Waals surface area contributed by atoms with E-state index in [0.29, 0.717) is 0 Å². The lowest BCUT2D eigenvalue weighted by Gasteiger charge is -1.90. The van der Waals surface area contributed by atoms with Crippen molar-refractivity contribution in [2.45, 2.75) is 0 Å². The van der Waals surface area contributed by atoms with Crippen molar-refractivity contribution in [1.29, 1.82) is 0 Å². The van der Waals surface area contributed by atoms with Gasteiger partial charge in [-0.3, -0.25) is 10.9 Å². The first-order valence-corrected chi connectivity index (χ1v) is 5.69. The Balaban J connectivity index is 0.000000192. The van der Waals surface area contributed by atoms with Crippen molar-refractivity contribution in [3.8, 4) is 0 Å². The summed E-state index contributed by atoms with van der Waals surface area (Å²) >= 11 is 0. The number of rotatable bonds is 0. The minimum atomic E-state index is -0.602. The molecule has 0 saturated heterocycles. The lowest BCUT2D eigenvalue weighted by atomic mass is 10.2. The van der Waals surface area contributed by atoms with Gasteiger partial charge in [0.1, 0.15) is 0 Å². The molecule has 0 saturated carbocycles. The quantitative estimate of drug-likeness (QED) is 0.238. The van der Waals surface area contributed by atoms with E-state index < -0.39 is 6.03 Å². The van der Waals surface area contributed by atoms with Crippen molar-refractivity contribution in [3.63, 3.8) is 0 Å². The van der Waals surface area contributed by atoms with Gasteiger partial charge in [-0.05, 0) is 12.1 Å². The summed E-state index contributed by atoms with van der Waals surface area (Å²) < 4.78 is 0. The number of urea groups is 1. The normalized spacial score (nSPS) is 9.79. The fourth-order valence-electron chi connectivity index (χ4n) is 1.84. The second kappa shape index (κ2) is 5.85. The van der Waals surface area contributed by atoms with E-state index in [-0.39, 0.29) is 0 Å². The summed E-state index contributed by atoms with van der Waals surface area (Å²) in [5.41, 5.74) is 5.90. The van der Waals surface area contributed by atoms with Crippen molar-refractivity contribution < 1.29 is 4.79 Å². The van der Waals surface area contributed by atoms with Gasteiger partial charge in [0, 0.05) is 21.8 Å². The number of nitrogens with one attached hydrogen (secondary N) is 3. The Bertz CT molecular complexity index is 635. The maximum atomic E-state index is 9.71. The monoisotopic (exact) mass is 257 g/mol. The Hall–Kier alpha value is -2.57. The summed E-state index contributed by atoms with van der Waals surface area (Å²) in [5.74, 6) is 9.08. The van der Waals surface area contributed by atoms with Crippen molar-refractivity contribution >= 4 is 27.8 Å². The Kier molecular flexibility index (Phi) is 3.97. The third-order valence-corrected chi connectivity index (χ3v) is 2.68. The number of fused-ring (bicyclic) bond motifs is 3. The van der Waals surface area contributed by atoms with Crippen LogP contribution in [0.25, 0.3) is 21.8 Å². The van der Waals surface area contributed by atoms with E-state index in [2.05, 4.69) is 65.2 Å². The fraction of sp³-hybridized carbons (Fsp3) is 0. The standard InChI is InChI=1S/C12H9N.CH6N4O/c1-3-7-11-9(5-1)10-6-2-4-8-12(10)13-11;2-4-1(6)5-3/h1-8,13H;2-3H2,(H2,4,5,6). The van der Waals surface area contributed by atoms with Crippen molar-refractivity contribution in [2.75, 3.05) is 0 Å². The summed E-state index contributed by atoms with van der Waals surface area (Å²) in [7, 11) is 0. The third-order valence-electron chi connectivity index (χ3n) is 2.68. The molecule has 1 aromatic heterocycles. The molecule has 0 radical (unpaired) electrons. The molecule has 6 heteroatoms. The Morgan fingerprint density at radius 3 is 1.63 bits per heavy atom. The van der Waals surface area contributed by atoms with Crippen molar-refractivity contribution in [1.82, 2.24) is 15.8 Å². The molecule has 98 valence electrons. The number of aromatic nitrogens is 1. The molecule has 0 aliphatic rings. The molecule has 0 aliphatic heterocycles. The van der Waals surface area contributed by atoms with Crippen LogP contribution in [0.15, 0.2) is 48.5 Å². The number of aromatic amines is 1. The summed E-state index contributed by atoms with van der Waals surface area (Å²) in [5, 5.41) is 2.61. The van der Waals surface area contributed by atoms with Gasteiger partial charge in [0.15, 0.2) is 0 Å². The average Bonchev–Trinajstić information content (AvgIpc) is 2.85. The highest BCUT2D eigenvalue weighted by molar-refractivity contribution is 6.06. The second-order valence-corrected chi connectivity index (χ2v) is 3.83. The van der Waals surface area contributed by atoms with Gasteiger partial charge in [-0.1, -0.05) is 36.4 Å². The van der Waals surface area contributed by atoms with Crippen LogP contribution in [-0.2, 0) is 0 Å². The minimum Gasteiger partial charge on any atom is -0.355 e. The average molecular weight is 257 g/mol. The number of H-pyrrole nitrogens is 1. The van der Waals surface area contributed by atoms with Gasteiger partial charge in [0.05, 0.1) is 0 Å². The number of para-hydroxylation sites is 2. The zero-order valence-electron chi connectivity index (χ0n) is 10.2. The Morgan fingerprint density at radius 2 is 1.26 bits per heavy atom. The number of amides is 2. The molecule has 0 atom stereocenters.